The molecule has 5 aromatic carbocycles. The van der Waals surface area contributed by atoms with E-state index in [-0.39, 0.29) is 11.2 Å². The van der Waals surface area contributed by atoms with Crippen molar-refractivity contribution in [3.05, 3.63) is 131 Å². The first-order valence-electron chi connectivity index (χ1n) is 13.1. The van der Waals surface area contributed by atoms with Crippen LogP contribution in [0.4, 0.5) is 4.39 Å². The first-order valence-corrected chi connectivity index (χ1v) is 14.9. The minimum atomic E-state index is -0.782. The van der Waals surface area contributed by atoms with Gasteiger partial charge in [0.2, 0.25) is 0 Å². The summed E-state index contributed by atoms with van der Waals surface area (Å²) in [5, 5.41) is 3.02. The number of thioether (sulfide) groups is 1. The second kappa shape index (κ2) is 8.81. The molecule has 0 aromatic heterocycles. The van der Waals surface area contributed by atoms with Crippen LogP contribution in [0.1, 0.15) is 41.7 Å². The van der Waals surface area contributed by atoms with E-state index >= 15 is 0 Å². The number of rotatable bonds is 3. The Kier molecular flexibility index (Phi) is 5.57. The van der Waals surface area contributed by atoms with Crippen molar-refractivity contribution in [2.75, 3.05) is 6.26 Å². The molecule has 0 saturated carbocycles. The summed E-state index contributed by atoms with van der Waals surface area (Å²) in [4.78, 5) is 1.21. The maximum Gasteiger partial charge on any atom is 0.178 e. The fraction of sp³-hybridized carbons (Fsp3) is 0.143. The van der Waals surface area contributed by atoms with Gasteiger partial charge in [-0.3, -0.25) is 0 Å². The molecular formula is C35H28FOPS. The topological polar surface area (TPSA) is 9.23 Å². The van der Waals surface area contributed by atoms with Crippen molar-refractivity contribution in [3.8, 4) is 16.9 Å². The van der Waals surface area contributed by atoms with E-state index in [0.717, 1.165) is 55.2 Å². The third-order valence-electron chi connectivity index (χ3n) is 8.33. The van der Waals surface area contributed by atoms with E-state index in [4.69, 9.17) is 4.74 Å². The van der Waals surface area contributed by atoms with Crippen LogP contribution in [0.5, 0.6) is 5.75 Å². The molecular weight excluding hydrogens is 518 g/mol. The van der Waals surface area contributed by atoms with Gasteiger partial charge >= 0.3 is 0 Å². The van der Waals surface area contributed by atoms with Gasteiger partial charge in [-0.05, 0) is 69.5 Å². The summed E-state index contributed by atoms with van der Waals surface area (Å²) >= 11 is 1.73. The molecule has 2 aliphatic rings. The maximum atomic E-state index is 14.8. The van der Waals surface area contributed by atoms with Gasteiger partial charge in [-0.2, -0.15) is 0 Å². The van der Waals surface area contributed by atoms with Crippen molar-refractivity contribution in [1.82, 2.24) is 0 Å². The van der Waals surface area contributed by atoms with E-state index in [0.29, 0.717) is 0 Å². The summed E-state index contributed by atoms with van der Waals surface area (Å²) in [6.07, 6.45) is 6.54. The Labute approximate surface area is 235 Å². The van der Waals surface area contributed by atoms with Crippen molar-refractivity contribution < 1.29 is 9.13 Å². The van der Waals surface area contributed by atoms with Gasteiger partial charge in [-0.25, -0.2) is 4.39 Å². The minimum absolute atomic E-state index is 0.215. The lowest BCUT2D eigenvalue weighted by molar-refractivity contribution is 0.163. The van der Waals surface area contributed by atoms with Crippen molar-refractivity contribution in [2.24, 2.45) is 0 Å². The molecule has 0 saturated heterocycles. The minimum Gasteiger partial charge on any atom is -0.472 e. The standard InChI is InChI=1S/C35H28FOPS/c1-34(2)31-28(19-23(36)20-29(31)38)30-25-11-7-8-12-26(25)33-27(32(30)34)17-18-35(37-33,21-9-5-4-6-10-21)22-13-15-24(39-3)16-14-22/h4-20H,38H2,1-3H3. The Morgan fingerprint density at radius 2 is 1.46 bits per heavy atom. The maximum absolute atomic E-state index is 14.8. The zero-order valence-electron chi connectivity index (χ0n) is 22.1. The molecule has 2 unspecified atom stereocenters. The van der Waals surface area contributed by atoms with Gasteiger partial charge in [0.15, 0.2) is 5.60 Å². The van der Waals surface area contributed by atoms with Gasteiger partial charge in [0, 0.05) is 32.4 Å². The van der Waals surface area contributed by atoms with Crippen LogP contribution in [0.25, 0.3) is 28.0 Å². The summed E-state index contributed by atoms with van der Waals surface area (Å²) in [6.45, 7) is 4.48. The number of hydrogen-bond acceptors (Lipinski definition) is 2. The SMILES string of the molecule is CSc1ccc(C2(c3ccccc3)C=Cc3c4c(c5ccccc5c3O2)-c2cc(F)cc(P)c2C4(C)C)cc1. The molecule has 1 nitrogen and oxygen atoms in total. The number of ether oxygens (including phenoxy) is 1. The van der Waals surface area contributed by atoms with Crippen molar-refractivity contribution >= 4 is 43.2 Å². The molecule has 0 bridgehead atoms. The van der Waals surface area contributed by atoms with Crippen LogP contribution in [0.3, 0.4) is 0 Å². The van der Waals surface area contributed by atoms with Crippen LogP contribution in [-0.2, 0) is 11.0 Å². The third kappa shape index (κ3) is 3.50. The molecule has 1 aliphatic heterocycles. The molecule has 39 heavy (non-hydrogen) atoms. The van der Waals surface area contributed by atoms with E-state index in [1.165, 1.54) is 10.5 Å². The largest absolute Gasteiger partial charge is 0.472 e. The summed E-state index contributed by atoms with van der Waals surface area (Å²) < 4.78 is 22.1. The fourth-order valence-corrected chi connectivity index (χ4v) is 7.75. The van der Waals surface area contributed by atoms with Crippen molar-refractivity contribution in [2.45, 2.75) is 29.8 Å². The van der Waals surface area contributed by atoms with E-state index in [9.17, 15) is 4.39 Å². The number of hydrogen-bond donors (Lipinski definition) is 0. The van der Waals surface area contributed by atoms with Crippen LogP contribution in [-0.4, -0.2) is 6.26 Å². The van der Waals surface area contributed by atoms with Gasteiger partial charge in [0.05, 0.1) is 0 Å². The zero-order valence-corrected chi connectivity index (χ0v) is 24.1. The lowest BCUT2D eigenvalue weighted by atomic mass is 9.77. The summed E-state index contributed by atoms with van der Waals surface area (Å²) in [5.41, 5.74) is 6.54. The number of fused-ring (bicyclic) bond motifs is 8. The average Bonchev–Trinajstić information content (AvgIpc) is 3.20. The molecule has 1 aliphatic carbocycles. The predicted octanol–water partition coefficient (Wildman–Crippen LogP) is 8.86. The first kappa shape index (κ1) is 24.6. The summed E-state index contributed by atoms with van der Waals surface area (Å²) in [6, 6.07) is 30.8. The van der Waals surface area contributed by atoms with Crippen molar-refractivity contribution in [1.29, 1.82) is 0 Å². The molecule has 4 heteroatoms. The smallest absolute Gasteiger partial charge is 0.178 e. The molecule has 5 aromatic rings. The normalized spacial score (nSPS) is 18.4. The third-order valence-corrected chi connectivity index (χ3v) is 9.53. The first-order chi connectivity index (χ1) is 18.8. The molecule has 0 N–H and O–H groups in total. The average molecular weight is 547 g/mol. The van der Waals surface area contributed by atoms with Crippen LogP contribution in [0, 0.1) is 5.82 Å². The lowest BCUT2D eigenvalue weighted by Gasteiger charge is -2.38. The van der Waals surface area contributed by atoms with E-state index in [1.54, 1.807) is 23.9 Å². The van der Waals surface area contributed by atoms with Gasteiger partial charge in [-0.1, -0.05) is 86.7 Å². The molecule has 2 atom stereocenters. The highest BCUT2D eigenvalue weighted by Gasteiger charge is 2.45. The second-order valence-corrected chi connectivity index (χ2v) is 12.3. The van der Waals surface area contributed by atoms with E-state index in [1.807, 2.05) is 6.07 Å². The molecule has 0 fully saturated rings. The lowest BCUT2D eigenvalue weighted by Crippen LogP contribution is -2.35. The monoisotopic (exact) mass is 546 g/mol. The molecule has 0 radical (unpaired) electrons. The highest BCUT2D eigenvalue weighted by molar-refractivity contribution is 7.98. The molecule has 192 valence electrons. The Balaban J connectivity index is 1.55. The molecule has 0 amide bonds. The number of benzene rings is 5. The molecule has 0 spiro atoms. The van der Waals surface area contributed by atoms with Gasteiger partial charge < -0.3 is 4.74 Å². The van der Waals surface area contributed by atoms with E-state index < -0.39 is 5.60 Å². The Bertz CT molecular complexity index is 1810. The van der Waals surface area contributed by atoms with E-state index in [2.05, 4.69) is 114 Å². The van der Waals surface area contributed by atoms with Crippen LogP contribution >= 0.6 is 21.0 Å². The van der Waals surface area contributed by atoms with Crippen molar-refractivity contribution in [3.63, 3.8) is 0 Å². The van der Waals surface area contributed by atoms with Gasteiger partial charge in [0.25, 0.3) is 0 Å². The van der Waals surface area contributed by atoms with Crippen LogP contribution in [0.2, 0.25) is 0 Å². The Morgan fingerprint density at radius 1 is 0.795 bits per heavy atom. The zero-order chi connectivity index (χ0) is 26.9. The number of halogens is 1. The quantitative estimate of drug-likeness (QED) is 0.165. The molecule has 7 rings (SSSR count). The predicted molar refractivity (Wildman–Crippen MR) is 166 cm³/mol. The Morgan fingerprint density at radius 3 is 2.18 bits per heavy atom. The van der Waals surface area contributed by atoms with Crippen LogP contribution < -0.4 is 10.0 Å². The molecule has 1 heterocycles. The Hall–Kier alpha value is -3.39. The van der Waals surface area contributed by atoms with Crippen LogP contribution in [0.15, 0.2) is 102 Å². The summed E-state index contributed by atoms with van der Waals surface area (Å²) in [7, 11) is 2.77. The summed E-state index contributed by atoms with van der Waals surface area (Å²) in [5.74, 6) is 0.657. The highest BCUT2D eigenvalue weighted by atomic mass is 32.2. The fourth-order valence-electron chi connectivity index (χ4n) is 6.67. The highest BCUT2D eigenvalue weighted by Crippen LogP contribution is 2.58. The second-order valence-electron chi connectivity index (χ2n) is 10.8. The van der Waals surface area contributed by atoms with Gasteiger partial charge in [-0.15, -0.1) is 21.0 Å². The van der Waals surface area contributed by atoms with Gasteiger partial charge in [0.1, 0.15) is 11.6 Å².